The fourth-order valence-electron chi connectivity index (χ4n) is 2.85. The summed E-state index contributed by atoms with van der Waals surface area (Å²) in [5.74, 6) is 0.760. The van der Waals surface area contributed by atoms with Crippen LogP contribution in [0.25, 0.3) is 0 Å². The Balaban J connectivity index is 1.97. The molecule has 0 saturated heterocycles. The predicted molar refractivity (Wildman–Crippen MR) is 86.5 cm³/mol. The largest absolute Gasteiger partial charge is 0.433 e. The van der Waals surface area contributed by atoms with E-state index in [1.54, 1.807) is 6.92 Å². The van der Waals surface area contributed by atoms with Crippen LogP contribution in [0.5, 0.6) is 0 Å². The van der Waals surface area contributed by atoms with Crippen molar-refractivity contribution in [1.82, 2.24) is 15.3 Å². The average molecular weight is 361 g/mol. The van der Waals surface area contributed by atoms with E-state index in [0.717, 1.165) is 43.3 Å². The molecule has 1 aromatic rings. The Morgan fingerprint density at radius 1 is 1.38 bits per heavy atom. The van der Waals surface area contributed by atoms with Crippen LogP contribution < -0.4 is 5.32 Å². The summed E-state index contributed by atoms with van der Waals surface area (Å²) in [6, 6.07) is 0.937. The molecule has 1 fully saturated rings. The minimum absolute atomic E-state index is 0.0439. The first kappa shape index (κ1) is 19.0. The van der Waals surface area contributed by atoms with Gasteiger partial charge in [-0.15, -0.1) is 0 Å². The summed E-state index contributed by atoms with van der Waals surface area (Å²) in [4.78, 5) is 19.6. The Kier molecular flexibility index (Phi) is 6.11. The lowest BCUT2D eigenvalue weighted by molar-refractivity contribution is -0.141. The zero-order valence-corrected chi connectivity index (χ0v) is 14.7. The third-order valence-corrected chi connectivity index (χ3v) is 5.58. The number of alkyl halides is 3. The molecule has 0 aliphatic heterocycles. The normalized spacial score (nSPS) is 26.0. The summed E-state index contributed by atoms with van der Waals surface area (Å²) in [5.41, 5.74) is -0.998. The van der Waals surface area contributed by atoms with Gasteiger partial charge in [0.25, 0.3) is 0 Å². The number of hydrogen-bond acceptors (Lipinski definition) is 4. The van der Waals surface area contributed by atoms with Gasteiger partial charge in [0.2, 0.25) is 5.91 Å². The number of rotatable bonds is 4. The molecule has 1 amide bonds. The number of halogens is 3. The van der Waals surface area contributed by atoms with E-state index in [0.29, 0.717) is 11.8 Å². The van der Waals surface area contributed by atoms with Crippen molar-refractivity contribution in [3.05, 3.63) is 18.0 Å². The van der Waals surface area contributed by atoms with Gasteiger partial charge in [-0.2, -0.15) is 13.2 Å². The highest BCUT2D eigenvalue weighted by atomic mass is 32.2. The van der Waals surface area contributed by atoms with Crippen molar-refractivity contribution in [2.75, 3.05) is 0 Å². The van der Waals surface area contributed by atoms with Crippen LogP contribution in [-0.2, 0) is 11.0 Å². The number of nitrogens with one attached hydrogen (secondary N) is 1. The van der Waals surface area contributed by atoms with E-state index in [1.165, 1.54) is 0 Å². The molecule has 134 valence electrons. The number of amides is 1. The first-order valence-corrected chi connectivity index (χ1v) is 8.93. The maximum absolute atomic E-state index is 12.7. The quantitative estimate of drug-likeness (QED) is 0.652. The molecule has 24 heavy (non-hydrogen) atoms. The van der Waals surface area contributed by atoms with Crippen LogP contribution >= 0.6 is 11.8 Å². The standard InChI is InChI=1S/C16H22F3N3OS/c1-9-5-4-6-12(10(9)2)21-14(23)11(3)24-15-20-8-7-13(22-15)16(17,18)19/h7-12H,4-6H2,1-3H3,(H,21,23)/t9-,10+,11+,12-/m1/s1. The summed E-state index contributed by atoms with van der Waals surface area (Å²) >= 11 is 0.938. The van der Waals surface area contributed by atoms with Gasteiger partial charge in [-0.1, -0.05) is 38.5 Å². The highest BCUT2D eigenvalue weighted by Gasteiger charge is 2.33. The second-order valence-corrected chi connectivity index (χ2v) is 7.67. The maximum atomic E-state index is 12.7. The van der Waals surface area contributed by atoms with Crippen LogP contribution in [0.2, 0.25) is 0 Å². The zero-order chi connectivity index (χ0) is 17.9. The maximum Gasteiger partial charge on any atom is 0.433 e. The van der Waals surface area contributed by atoms with Crippen LogP contribution in [0, 0.1) is 11.8 Å². The molecule has 1 N–H and O–H groups in total. The first-order chi connectivity index (χ1) is 11.2. The van der Waals surface area contributed by atoms with Gasteiger partial charge in [-0.3, -0.25) is 4.79 Å². The minimum Gasteiger partial charge on any atom is -0.352 e. The monoisotopic (exact) mass is 361 g/mol. The van der Waals surface area contributed by atoms with Gasteiger partial charge in [0, 0.05) is 12.2 Å². The molecule has 0 radical (unpaired) electrons. The van der Waals surface area contributed by atoms with Crippen molar-refractivity contribution < 1.29 is 18.0 Å². The molecular weight excluding hydrogens is 339 g/mol. The van der Waals surface area contributed by atoms with E-state index in [2.05, 4.69) is 29.1 Å². The van der Waals surface area contributed by atoms with Crippen molar-refractivity contribution in [1.29, 1.82) is 0 Å². The van der Waals surface area contributed by atoms with Crippen LogP contribution in [0.15, 0.2) is 17.4 Å². The summed E-state index contributed by atoms with van der Waals surface area (Å²) in [7, 11) is 0. The zero-order valence-electron chi connectivity index (χ0n) is 13.9. The number of aromatic nitrogens is 2. The third kappa shape index (κ3) is 4.84. The fourth-order valence-corrected chi connectivity index (χ4v) is 3.62. The second-order valence-electron chi connectivity index (χ2n) is 6.36. The van der Waals surface area contributed by atoms with Gasteiger partial charge in [-0.05, 0) is 31.2 Å². The Morgan fingerprint density at radius 3 is 2.75 bits per heavy atom. The Hall–Kier alpha value is -1.31. The summed E-state index contributed by atoms with van der Waals surface area (Å²) in [6.45, 7) is 5.96. The summed E-state index contributed by atoms with van der Waals surface area (Å²) < 4.78 is 38.0. The van der Waals surface area contributed by atoms with E-state index in [4.69, 9.17) is 0 Å². The summed E-state index contributed by atoms with van der Waals surface area (Å²) in [6.07, 6.45) is -0.273. The van der Waals surface area contributed by atoms with Crippen molar-refractivity contribution in [3.63, 3.8) is 0 Å². The topological polar surface area (TPSA) is 54.9 Å². The fraction of sp³-hybridized carbons (Fsp3) is 0.688. The van der Waals surface area contributed by atoms with Gasteiger partial charge in [-0.25, -0.2) is 9.97 Å². The molecule has 0 spiro atoms. The van der Waals surface area contributed by atoms with Crippen molar-refractivity contribution in [3.8, 4) is 0 Å². The number of carbonyl (C=O) groups excluding carboxylic acids is 1. The molecule has 1 aliphatic rings. The minimum atomic E-state index is -4.52. The van der Waals surface area contributed by atoms with Crippen LogP contribution in [-0.4, -0.2) is 27.2 Å². The lowest BCUT2D eigenvalue weighted by Gasteiger charge is -2.35. The van der Waals surface area contributed by atoms with E-state index in [9.17, 15) is 18.0 Å². The lowest BCUT2D eigenvalue weighted by Crippen LogP contribution is -2.46. The van der Waals surface area contributed by atoms with Crippen molar-refractivity contribution in [2.45, 2.75) is 62.7 Å². The van der Waals surface area contributed by atoms with Crippen molar-refractivity contribution >= 4 is 17.7 Å². The molecule has 1 aromatic heterocycles. The lowest BCUT2D eigenvalue weighted by atomic mass is 9.78. The molecular formula is C16H22F3N3OS. The van der Waals surface area contributed by atoms with Gasteiger partial charge in [0.15, 0.2) is 5.16 Å². The van der Waals surface area contributed by atoms with E-state index < -0.39 is 17.1 Å². The van der Waals surface area contributed by atoms with Gasteiger partial charge < -0.3 is 5.32 Å². The molecule has 4 atom stereocenters. The molecule has 1 aliphatic carbocycles. The van der Waals surface area contributed by atoms with Gasteiger partial charge >= 0.3 is 6.18 Å². The molecule has 0 unspecified atom stereocenters. The Labute approximate surface area is 144 Å². The number of carbonyl (C=O) groups is 1. The molecule has 1 saturated carbocycles. The molecule has 1 heterocycles. The molecule has 0 aromatic carbocycles. The number of hydrogen-bond donors (Lipinski definition) is 1. The smallest absolute Gasteiger partial charge is 0.352 e. The van der Waals surface area contributed by atoms with E-state index in [1.807, 2.05) is 0 Å². The number of nitrogens with zero attached hydrogens (tertiary/aromatic N) is 2. The first-order valence-electron chi connectivity index (χ1n) is 8.05. The van der Waals surface area contributed by atoms with Gasteiger partial charge in [0.05, 0.1) is 5.25 Å². The SMILES string of the molecule is C[C@H]1[C@H](C)CCC[C@H]1NC(=O)[C@H](C)Sc1nccc(C(F)(F)F)n1. The third-order valence-electron chi connectivity index (χ3n) is 4.61. The molecule has 4 nitrogen and oxygen atoms in total. The molecule has 8 heteroatoms. The van der Waals surface area contributed by atoms with Crippen LogP contribution in [0.1, 0.15) is 45.7 Å². The van der Waals surface area contributed by atoms with E-state index >= 15 is 0 Å². The molecule has 0 bridgehead atoms. The number of thioether (sulfide) groups is 1. The average Bonchev–Trinajstić information content (AvgIpc) is 2.51. The molecule has 2 rings (SSSR count). The summed E-state index contributed by atoms with van der Waals surface area (Å²) in [5, 5.41) is 2.42. The van der Waals surface area contributed by atoms with E-state index in [-0.39, 0.29) is 17.1 Å². The van der Waals surface area contributed by atoms with Crippen LogP contribution in [0.3, 0.4) is 0 Å². The van der Waals surface area contributed by atoms with Crippen LogP contribution in [0.4, 0.5) is 13.2 Å². The second kappa shape index (κ2) is 7.72. The van der Waals surface area contributed by atoms with Gasteiger partial charge in [0.1, 0.15) is 5.69 Å². The Bertz CT molecular complexity index is 582. The van der Waals surface area contributed by atoms with Crippen molar-refractivity contribution in [2.24, 2.45) is 11.8 Å². The Morgan fingerprint density at radius 2 is 2.08 bits per heavy atom. The highest BCUT2D eigenvalue weighted by Crippen LogP contribution is 2.31. The predicted octanol–water partition coefficient (Wildman–Crippen LogP) is 3.92. The highest BCUT2D eigenvalue weighted by molar-refractivity contribution is 8.00.